The summed E-state index contributed by atoms with van der Waals surface area (Å²) in [4.78, 5) is 23.0. The first-order valence-electron chi connectivity index (χ1n) is 4.86. The second kappa shape index (κ2) is 3.73. The number of fused-ring (bicyclic) bond motifs is 1. The molecule has 4 nitrogen and oxygen atoms in total. The number of carbonyl (C=O) groups is 2. The van der Waals surface area contributed by atoms with E-state index in [4.69, 9.17) is 0 Å². The van der Waals surface area contributed by atoms with Crippen molar-refractivity contribution >= 4 is 23.2 Å². The van der Waals surface area contributed by atoms with E-state index in [0.29, 0.717) is 11.4 Å². The average molecular weight is 204 g/mol. The average Bonchev–Trinajstić information content (AvgIpc) is 2.19. The minimum absolute atomic E-state index is 0.114. The van der Waals surface area contributed by atoms with Gasteiger partial charge in [0, 0.05) is 12.3 Å². The number of hydrogen-bond donors (Lipinski definition) is 2. The molecule has 1 atom stereocenters. The summed E-state index contributed by atoms with van der Waals surface area (Å²) in [5.74, 6) is -0.527. The van der Waals surface area contributed by atoms with Gasteiger partial charge in [0.1, 0.15) is 0 Å². The van der Waals surface area contributed by atoms with Crippen LogP contribution >= 0.6 is 0 Å². The van der Waals surface area contributed by atoms with Crippen molar-refractivity contribution in [2.45, 2.75) is 13.3 Å². The van der Waals surface area contributed by atoms with Gasteiger partial charge in [-0.2, -0.15) is 0 Å². The highest BCUT2D eigenvalue weighted by Crippen LogP contribution is 2.24. The molecule has 1 aliphatic heterocycles. The molecule has 1 unspecified atom stereocenters. The van der Waals surface area contributed by atoms with Crippen LogP contribution in [0.5, 0.6) is 0 Å². The summed E-state index contributed by atoms with van der Waals surface area (Å²) in [6.45, 7) is 1.74. The Balaban J connectivity index is 2.38. The van der Waals surface area contributed by atoms with Crippen LogP contribution in [0.3, 0.4) is 0 Å². The summed E-state index contributed by atoms with van der Waals surface area (Å²) >= 11 is 0. The van der Waals surface area contributed by atoms with Gasteiger partial charge in [-0.05, 0) is 12.1 Å². The zero-order valence-electron chi connectivity index (χ0n) is 8.41. The maximum atomic E-state index is 11.6. The molecule has 15 heavy (non-hydrogen) atoms. The molecule has 0 saturated heterocycles. The van der Waals surface area contributed by atoms with Crippen molar-refractivity contribution in [3.63, 3.8) is 0 Å². The lowest BCUT2D eigenvalue weighted by Gasteiger charge is -2.19. The monoisotopic (exact) mass is 204 g/mol. The number of benzene rings is 1. The smallest absolute Gasteiger partial charge is 0.227 e. The topological polar surface area (TPSA) is 58.2 Å². The van der Waals surface area contributed by atoms with E-state index in [1.54, 1.807) is 19.1 Å². The van der Waals surface area contributed by atoms with E-state index >= 15 is 0 Å². The number of nitrogens with one attached hydrogen (secondary N) is 2. The molecule has 0 aliphatic carbocycles. The number of hydrogen-bond acceptors (Lipinski definition) is 2. The molecule has 0 fully saturated rings. The van der Waals surface area contributed by atoms with E-state index in [-0.39, 0.29) is 24.2 Å². The lowest BCUT2D eigenvalue weighted by molar-refractivity contribution is -0.124. The van der Waals surface area contributed by atoms with Crippen molar-refractivity contribution in [2.75, 3.05) is 10.6 Å². The lowest BCUT2D eigenvalue weighted by Crippen LogP contribution is -2.28. The maximum absolute atomic E-state index is 11.6. The predicted octanol–water partition coefficient (Wildman–Crippen LogP) is 1.60. The number of carbonyl (C=O) groups excluding carboxylic acids is 2. The summed E-state index contributed by atoms with van der Waals surface area (Å²) in [5.41, 5.74) is 1.31. The Hall–Kier alpha value is -1.84. The maximum Gasteiger partial charge on any atom is 0.227 e. The SMILES string of the molecule is CC1CC(=O)Nc2ccccc2NC1=O. The third kappa shape index (κ3) is 1.98. The number of rotatable bonds is 0. The second-order valence-electron chi connectivity index (χ2n) is 3.69. The molecule has 1 aromatic carbocycles. The van der Waals surface area contributed by atoms with Crippen LogP contribution in [0.25, 0.3) is 0 Å². The van der Waals surface area contributed by atoms with Crippen LogP contribution in [0.1, 0.15) is 13.3 Å². The van der Waals surface area contributed by atoms with Crippen LogP contribution in [0, 0.1) is 5.92 Å². The summed E-state index contributed by atoms with van der Waals surface area (Å²) < 4.78 is 0. The highest BCUT2D eigenvalue weighted by atomic mass is 16.2. The van der Waals surface area contributed by atoms with E-state index in [9.17, 15) is 9.59 Å². The van der Waals surface area contributed by atoms with Crippen LogP contribution in [0.4, 0.5) is 11.4 Å². The van der Waals surface area contributed by atoms with Crippen molar-refractivity contribution in [3.8, 4) is 0 Å². The largest absolute Gasteiger partial charge is 0.324 e. The Morgan fingerprint density at radius 3 is 2.40 bits per heavy atom. The first-order valence-corrected chi connectivity index (χ1v) is 4.86. The normalized spacial score (nSPS) is 20.7. The van der Waals surface area contributed by atoms with Gasteiger partial charge in [-0.3, -0.25) is 9.59 Å². The first-order chi connectivity index (χ1) is 7.16. The Labute approximate surface area is 87.7 Å². The van der Waals surface area contributed by atoms with Crippen molar-refractivity contribution in [1.82, 2.24) is 0 Å². The van der Waals surface area contributed by atoms with Crippen LogP contribution in [0.2, 0.25) is 0 Å². The van der Waals surface area contributed by atoms with Crippen LogP contribution in [-0.4, -0.2) is 11.8 Å². The van der Waals surface area contributed by atoms with Gasteiger partial charge in [-0.1, -0.05) is 19.1 Å². The molecule has 2 rings (SSSR count). The van der Waals surface area contributed by atoms with E-state index in [0.717, 1.165) is 0 Å². The van der Waals surface area contributed by atoms with E-state index in [2.05, 4.69) is 10.6 Å². The number of amides is 2. The zero-order chi connectivity index (χ0) is 10.8. The molecule has 0 spiro atoms. The molecule has 4 heteroatoms. The highest BCUT2D eigenvalue weighted by molar-refractivity contribution is 6.04. The number of anilines is 2. The number of para-hydroxylation sites is 2. The van der Waals surface area contributed by atoms with Crippen LogP contribution in [-0.2, 0) is 9.59 Å². The fourth-order valence-corrected chi connectivity index (χ4v) is 1.53. The zero-order valence-corrected chi connectivity index (χ0v) is 8.41. The van der Waals surface area contributed by atoms with Crippen LogP contribution in [0.15, 0.2) is 24.3 Å². The van der Waals surface area contributed by atoms with Gasteiger partial charge >= 0.3 is 0 Å². The van der Waals surface area contributed by atoms with E-state index < -0.39 is 0 Å². The molecule has 2 N–H and O–H groups in total. The Morgan fingerprint density at radius 2 is 1.73 bits per heavy atom. The molecule has 1 heterocycles. The molecule has 0 saturated carbocycles. The molecule has 78 valence electrons. The third-order valence-corrected chi connectivity index (χ3v) is 2.40. The summed E-state index contributed by atoms with van der Waals surface area (Å²) in [6, 6.07) is 7.17. The second-order valence-corrected chi connectivity index (χ2v) is 3.69. The fourth-order valence-electron chi connectivity index (χ4n) is 1.53. The molecular formula is C11H12N2O2. The third-order valence-electron chi connectivity index (χ3n) is 2.40. The standard InChI is InChI=1S/C11H12N2O2/c1-7-6-10(14)12-8-4-2-3-5-9(8)13-11(7)15/h2-5,7H,6H2,1H3,(H,12,14)(H,13,15). The first kappa shape index (κ1) is 9.71. The van der Waals surface area contributed by atoms with Crippen molar-refractivity contribution in [2.24, 2.45) is 5.92 Å². The van der Waals surface area contributed by atoms with Crippen LogP contribution < -0.4 is 10.6 Å². The van der Waals surface area contributed by atoms with Gasteiger partial charge in [0.05, 0.1) is 11.4 Å². The molecular weight excluding hydrogens is 192 g/mol. The molecule has 1 aromatic rings. The summed E-state index contributed by atoms with van der Waals surface area (Å²) in [7, 11) is 0. The van der Waals surface area contributed by atoms with Gasteiger partial charge in [-0.15, -0.1) is 0 Å². The van der Waals surface area contributed by atoms with Gasteiger partial charge in [0.2, 0.25) is 11.8 Å². The van der Waals surface area contributed by atoms with E-state index in [1.165, 1.54) is 0 Å². The molecule has 1 aliphatic rings. The quantitative estimate of drug-likeness (QED) is 0.674. The predicted molar refractivity (Wildman–Crippen MR) is 57.5 cm³/mol. The Bertz CT molecular complexity index is 415. The van der Waals surface area contributed by atoms with Gasteiger partial charge < -0.3 is 10.6 Å². The minimum Gasteiger partial charge on any atom is -0.324 e. The van der Waals surface area contributed by atoms with Crippen molar-refractivity contribution in [1.29, 1.82) is 0 Å². The van der Waals surface area contributed by atoms with E-state index in [1.807, 2.05) is 12.1 Å². The Morgan fingerprint density at radius 1 is 1.13 bits per heavy atom. The molecule has 0 bridgehead atoms. The fraction of sp³-hybridized carbons (Fsp3) is 0.273. The summed E-state index contributed by atoms with van der Waals surface area (Å²) in [6.07, 6.45) is 0.222. The summed E-state index contributed by atoms with van der Waals surface area (Å²) in [5, 5.41) is 5.54. The Kier molecular flexibility index (Phi) is 2.41. The molecule has 0 radical (unpaired) electrons. The van der Waals surface area contributed by atoms with Gasteiger partial charge in [0.25, 0.3) is 0 Å². The van der Waals surface area contributed by atoms with Gasteiger partial charge in [-0.25, -0.2) is 0 Å². The lowest BCUT2D eigenvalue weighted by atomic mass is 10.0. The van der Waals surface area contributed by atoms with Crippen molar-refractivity contribution in [3.05, 3.63) is 24.3 Å². The molecule has 2 amide bonds. The highest BCUT2D eigenvalue weighted by Gasteiger charge is 2.21. The molecule has 0 aromatic heterocycles. The van der Waals surface area contributed by atoms with Gasteiger partial charge in [0.15, 0.2) is 0 Å². The minimum atomic E-state index is -0.293. The van der Waals surface area contributed by atoms with Crippen molar-refractivity contribution < 1.29 is 9.59 Å².